The van der Waals surface area contributed by atoms with E-state index >= 15 is 0 Å². The predicted octanol–water partition coefficient (Wildman–Crippen LogP) is 3.52. The van der Waals surface area contributed by atoms with E-state index in [1.807, 2.05) is 6.07 Å². The number of halogens is 3. The Balaban J connectivity index is 2.04. The van der Waals surface area contributed by atoms with E-state index in [0.717, 1.165) is 12.1 Å². The minimum Gasteiger partial charge on any atom is -0.290 e. The lowest BCUT2D eigenvalue weighted by molar-refractivity contribution is -0.137. The van der Waals surface area contributed by atoms with Crippen LogP contribution in [0.3, 0.4) is 0 Å². The van der Waals surface area contributed by atoms with Crippen LogP contribution in [0.5, 0.6) is 0 Å². The molecule has 4 nitrogen and oxygen atoms in total. The lowest BCUT2D eigenvalue weighted by Crippen LogP contribution is -2.14. The Labute approximate surface area is 128 Å². The van der Waals surface area contributed by atoms with Crippen LogP contribution in [-0.4, -0.2) is 15.0 Å². The van der Waals surface area contributed by atoms with E-state index in [4.69, 9.17) is 0 Å². The lowest BCUT2D eigenvalue weighted by Gasteiger charge is -2.08. The van der Waals surface area contributed by atoms with Crippen molar-refractivity contribution >= 4 is 0 Å². The van der Waals surface area contributed by atoms with Crippen LogP contribution in [0.1, 0.15) is 5.56 Å². The van der Waals surface area contributed by atoms with E-state index < -0.39 is 17.4 Å². The van der Waals surface area contributed by atoms with Crippen LogP contribution in [0, 0.1) is 0 Å². The van der Waals surface area contributed by atoms with Crippen LogP contribution >= 0.6 is 0 Å². The number of aromatic amines is 1. The van der Waals surface area contributed by atoms with Crippen molar-refractivity contribution in [2.45, 2.75) is 6.18 Å². The Morgan fingerprint density at radius 1 is 0.826 bits per heavy atom. The van der Waals surface area contributed by atoms with Gasteiger partial charge in [0.15, 0.2) is 5.82 Å². The van der Waals surface area contributed by atoms with Gasteiger partial charge in [0.25, 0.3) is 0 Å². The molecule has 0 spiro atoms. The maximum absolute atomic E-state index is 12.6. The molecule has 0 unspecified atom stereocenters. The van der Waals surface area contributed by atoms with E-state index in [9.17, 15) is 18.0 Å². The van der Waals surface area contributed by atoms with Crippen LogP contribution in [0.2, 0.25) is 0 Å². The highest BCUT2D eigenvalue weighted by molar-refractivity contribution is 5.60. The van der Waals surface area contributed by atoms with Gasteiger partial charge >= 0.3 is 11.9 Å². The van der Waals surface area contributed by atoms with Gasteiger partial charge in [-0.15, -0.1) is 0 Å². The second kappa shape index (κ2) is 5.68. The van der Waals surface area contributed by atoms with Gasteiger partial charge in [0.05, 0.1) is 5.56 Å². The molecule has 0 amide bonds. The van der Waals surface area contributed by atoms with Gasteiger partial charge in [-0.3, -0.25) is 4.98 Å². The Morgan fingerprint density at radius 3 is 2.09 bits per heavy atom. The maximum Gasteiger partial charge on any atom is 0.416 e. The number of alkyl halides is 3. The highest BCUT2D eigenvalue weighted by Gasteiger charge is 2.30. The molecular weight excluding hydrogens is 307 g/mol. The average molecular weight is 317 g/mol. The summed E-state index contributed by atoms with van der Waals surface area (Å²) in [6.07, 6.45) is -4.41. The summed E-state index contributed by atoms with van der Waals surface area (Å²) >= 11 is 0. The molecule has 3 rings (SSSR count). The second-order valence-electron chi connectivity index (χ2n) is 4.77. The van der Waals surface area contributed by atoms with Crippen LogP contribution in [0.4, 0.5) is 13.2 Å². The first-order chi connectivity index (χ1) is 10.9. The minimum absolute atomic E-state index is 0.164. The van der Waals surface area contributed by atoms with Gasteiger partial charge < -0.3 is 0 Å². The molecule has 7 heteroatoms. The number of H-pyrrole nitrogens is 1. The normalized spacial score (nSPS) is 11.4. The van der Waals surface area contributed by atoms with Crippen LogP contribution < -0.4 is 5.69 Å². The molecule has 1 heterocycles. The summed E-state index contributed by atoms with van der Waals surface area (Å²) in [6, 6.07) is 13.3. The first kappa shape index (κ1) is 15.0. The van der Waals surface area contributed by atoms with Gasteiger partial charge in [-0.25, -0.2) is 9.78 Å². The summed E-state index contributed by atoms with van der Waals surface area (Å²) in [5.41, 5.74) is -0.365. The van der Waals surface area contributed by atoms with Crippen molar-refractivity contribution in [1.29, 1.82) is 0 Å². The summed E-state index contributed by atoms with van der Waals surface area (Å²) in [4.78, 5) is 22.1. The lowest BCUT2D eigenvalue weighted by atomic mass is 10.1. The molecule has 2 aromatic carbocycles. The van der Waals surface area contributed by atoms with Crippen molar-refractivity contribution < 1.29 is 13.2 Å². The Kier molecular flexibility index (Phi) is 3.69. The van der Waals surface area contributed by atoms with E-state index in [1.165, 1.54) is 12.1 Å². The minimum atomic E-state index is -4.41. The van der Waals surface area contributed by atoms with Crippen molar-refractivity contribution in [2.24, 2.45) is 0 Å². The summed E-state index contributed by atoms with van der Waals surface area (Å²) in [5.74, 6) is 0.377. The maximum atomic E-state index is 12.6. The van der Waals surface area contributed by atoms with Gasteiger partial charge in [0, 0.05) is 11.1 Å². The number of rotatable bonds is 2. The van der Waals surface area contributed by atoms with Gasteiger partial charge in [-0.1, -0.05) is 42.5 Å². The zero-order valence-electron chi connectivity index (χ0n) is 11.6. The fraction of sp³-hybridized carbons (Fsp3) is 0.0625. The summed E-state index contributed by atoms with van der Waals surface area (Å²) < 4.78 is 37.8. The molecule has 1 N–H and O–H groups in total. The molecule has 0 aliphatic rings. The molecule has 0 radical (unpaired) electrons. The molecule has 1 aromatic heterocycles. The second-order valence-corrected chi connectivity index (χ2v) is 4.77. The number of benzene rings is 2. The molecule has 0 aliphatic carbocycles. The molecular formula is C16H10F3N3O. The third kappa shape index (κ3) is 3.28. The highest BCUT2D eigenvalue weighted by Crippen LogP contribution is 2.30. The summed E-state index contributed by atoms with van der Waals surface area (Å²) in [6.45, 7) is 0. The zero-order valence-corrected chi connectivity index (χ0v) is 11.6. The van der Waals surface area contributed by atoms with Gasteiger partial charge in [0.2, 0.25) is 0 Å². The van der Waals surface area contributed by atoms with Crippen molar-refractivity contribution in [3.05, 3.63) is 70.6 Å². The van der Waals surface area contributed by atoms with E-state index in [0.29, 0.717) is 11.1 Å². The Bertz CT molecular complexity index is 872. The third-order valence-corrected chi connectivity index (χ3v) is 3.17. The first-order valence-electron chi connectivity index (χ1n) is 6.65. The van der Waals surface area contributed by atoms with E-state index in [2.05, 4.69) is 15.0 Å². The molecule has 0 aliphatic heterocycles. The first-order valence-corrected chi connectivity index (χ1v) is 6.65. The van der Waals surface area contributed by atoms with Crippen molar-refractivity contribution in [2.75, 3.05) is 0 Å². The van der Waals surface area contributed by atoms with Crippen molar-refractivity contribution in [3.8, 4) is 22.8 Å². The van der Waals surface area contributed by atoms with Crippen LogP contribution in [0.15, 0.2) is 59.4 Å². The Morgan fingerprint density at radius 2 is 1.48 bits per heavy atom. The van der Waals surface area contributed by atoms with E-state index in [-0.39, 0.29) is 11.6 Å². The number of aromatic nitrogens is 3. The molecule has 0 saturated carbocycles. The van der Waals surface area contributed by atoms with Gasteiger partial charge in [-0.2, -0.15) is 18.2 Å². The molecule has 3 aromatic rings. The largest absolute Gasteiger partial charge is 0.416 e. The molecule has 0 atom stereocenters. The fourth-order valence-electron chi connectivity index (χ4n) is 2.05. The molecule has 0 bridgehead atoms. The fourth-order valence-corrected chi connectivity index (χ4v) is 2.05. The molecule has 23 heavy (non-hydrogen) atoms. The number of hydrogen-bond donors (Lipinski definition) is 1. The average Bonchev–Trinajstić information content (AvgIpc) is 2.54. The zero-order chi connectivity index (χ0) is 16.4. The molecule has 0 fully saturated rings. The smallest absolute Gasteiger partial charge is 0.290 e. The Hall–Kier alpha value is -2.96. The predicted molar refractivity (Wildman–Crippen MR) is 78.5 cm³/mol. The van der Waals surface area contributed by atoms with Gasteiger partial charge in [0.1, 0.15) is 5.82 Å². The van der Waals surface area contributed by atoms with Crippen molar-refractivity contribution in [1.82, 2.24) is 15.0 Å². The number of hydrogen-bond acceptors (Lipinski definition) is 3. The number of nitrogens with one attached hydrogen (secondary N) is 1. The highest BCUT2D eigenvalue weighted by atomic mass is 19.4. The molecule has 116 valence electrons. The molecule has 0 saturated heterocycles. The van der Waals surface area contributed by atoms with Crippen LogP contribution in [0.25, 0.3) is 22.8 Å². The van der Waals surface area contributed by atoms with Gasteiger partial charge in [-0.05, 0) is 12.1 Å². The SMILES string of the molecule is O=c1nc(-c2ccccc2)nc(-c2ccc(C(F)(F)F)cc2)[nH]1. The topological polar surface area (TPSA) is 58.6 Å². The standard InChI is InChI=1S/C16H10F3N3O/c17-16(18,19)12-8-6-11(7-9-12)14-20-13(21-15(23)22-14)10-4-2-1-3-5-10/h1-9H,(H,20,21,22,23). The third-order valence-electron chi connectivity index (χ3n) is 3.17. The van der Waals surface area contributed by atoms with Crippen molar-refractivity contribution in [3.63, 3.8) is 0 Å². The monoisotopic (exact) mass is 317 g/mol. The summed E-state index contributed by atoms with van der Waals surface area (Å²) in [5, 5.41) is 0. The number of nitrogens with zero attached hydrogens (tertiary/aromatic N) is 2. The van der Waals surface area contributed by atoms with E-state index in [1.54, 1.807) is 24.3 Å². The van der Waals surface area contributed by atoms with Crippen LogP contribution in [-0.2, 0) is 6.18 Å². The summed E-state index contributed by atoms with van der Waals surface area (Å²) in [7, 11) is 0. The quantitative estimate of drug-likeness (QED) is 0.787.